The fourth-order valence-electron chi connectivity index (χ4n) is 0.385. The Morgan fingerprint density at radius 1 is 1.00 bits per heavy atom. The van der Waals surface area contributed by atoms with Gasteiger partial charge in [0.15, 0.2) is 0 Å². The highest BCUT2D eigenvalue weighted by atomic mass is 16.4. The number of aldehydes is 1. The van der Waals surface area contributed by atoms with Crippen LogP contribution in [0.1, 0.15) is 0 Å². The van der Waals surface area contributed by atoms with Crippen molar-refractivity contribution in [3.63, 3.8) is 0 Å². The molecule has 11 heavy (non-hydrogen) atoms. The first kappa shape index (κ1) is 9.36. The van der Waals surface area contributed by atoms with Crippen LogP contribution in [0.2, 0.25) is 0 Å². The van der Waals surface area contributed by atoms with Crippen molar-refractivity contribution < 1.29 is 14.7 Å². The van der Waals surface area contributed by atoms with Gasteiger partial charge in [-0.3, -0.25) is 4.79 Å². The van der Waals surface area contributed by atoms with E-state index in [1.165, 1.54) is 0 Å². The predicted octanol–water partition coefficient (Wildman–Crippen LogP) is 0.957. The van der Waals surface area contributed by atoms with Crippen molar-refractivity contribution in [2.75, 3.05) is 0 Å². The molecule has 0 aliphatic heterocycles. The smallest absolute Gasteiger partial charge is 0.368 e. The summed E-state index contributed by atoms with van der Waals surface area (Å²) in [5.41, 5.74) is 0. The van der Waals surface area contributed by atoms with E-state index >= 15 is 0 Å². The Hall–Kier alpha value is -1.64. The van der Waals surface area contributed by atoms with E-state index in [1.54, 1.807) is 0 Å². The third-order valence-corrected chi connectivity index (χ3v) is 0.767. The van der Waals surface area contributed by atoms with Gasteiger partial charge in [-0.15, -0.1) is 0 Å². The lowest BCUT2D eigenvalue weighted by molar-refractivity contribution is -0.143. The molecule has 1 aromatic carbocycles. The molecule has 0 amide bonds. The number of carboxylic acids is 1. The topological polar surface area (TPSA) is 54.4 Å². The molecular formula is C8H8O3. The molecule has 0 atom stereocenters. The van der Waals surface area contributed by atoms with Crippen molar-refractivity contribution in [3.8, 4) is 0 Å². The van der Waals surface area contributed by atoms with E-state index < -0.39 is 5.97 Å². The van der Waals surface area contributed by atoms with Crippen LogP contribution in [0.3, 0.4) is 0 Å². The minimum absolute atomic E-state index is 0.167. The van der Waals surface area contributed by atoms with E-state index in [4.69, 9.17) is 14.7 Å². The fourth-order valence-corrected chi connectivity index (χ4v) is 0.385. The molecule has 1 aromatic rings. The Labute approximate surface area is 64.3 Å². The summed E-state index contributed by atoms with van der Waals surface area (Å²) in [7, 11) is 0. The minimum Gasteiger partial charge on any atom is -0.476 e. The first-order valence-corrected chi connectivity index (χ1v) is 2.95. The molecule has 58 valence electrons. The van der Waals surface area contributed by atoms with Crippen LogP contribution in [0.15, 0.2) is 36.4 Å². The maximum absolute atomic E-state index is 9.00. The van der Waals surface area contributed by atoms with Gasteiger partial charge in [0.05, 0.1) is 0 Å². The van der Waals surface area contributed by atoms with Gasteiger partial charge < -0.3 is 5.11 Å². The highest BCUT2D eigenvalue weighted by Crippen LogP contribution is 1.79. The zero-order valence-corrected chi connectivity index (χ0v) is 5.81. The number of hydrogen-bond acceptors (Lipinski definition) is 2. The minimum atomic E-state index is -1.43. The van der Waals surface area contributed by atoms with Gasteiger partial charge in [0, 0.05) is 0 Å². The molecule has 0 spiro atoms. The third kappa shape index (κ3) is 8.36. The quantitative estimate of drug-likeness (QED) is 0.481. The van der Waals surface area contributed by atoms with Crippen LogP contribution in [0.25, 0.3) is 0 Å². The summed E-state index contributed by atoms with van der Waals surface area (Å²) in [5.74, 6) is -1.43. The zero-order chi connectivity index (χ0) is 8.53. The molecule has 0 saturated heterocycles. The van der Waals surface area contributed by atoms with E-state index in [2.05, 4.69) is 0 Å². The van der Waals surface area contributed by atoms with Crippen molar-refractivity contribution in [3.05, 3.63) is 36.4 Å². The van der Waals surface area contributed by atoms with E-state index in [9.17, 15) is 0 Å². The molecule has 3 heteroatoms. The molecule has 0 aromatic heterocycles. The summed E-state index contributed by atoms with van der Waals surface area (Å²) >= 11 is 0. The zero-order valence-electron chi connectivity index (χ0n) is 5.81. The highest BCUT2D eigenvalue weighted by molar-refractivity contribution is 6.19. The van der Waals surface area contributed by atoms with Gasteiger partial charge in [-0.2, -0.15) is 0 Å². The van der Waals surface area contributed by atoms with E-state index in [0.29, 0.717) is 0 Å². The first-order valence-electron chi connectivity index (χ1n) is 2.95. The number of carbonyl (C=O) groups excluding carboxylic acids is 1. The van der Waals surface area contributed by atoms with Crippen LogP contribution in [0.5, 0.6) is 0 Å². The average molecular weight is 152 g/mol. The molecule has 0 saturated carbocycles. The summed E-state index contributed by atoms with van der Waals surface area (Å²) in [4.78, 5) is 17.9. The second-order valence-corrected chi connectivity index (χ2v) is 1.61. The number of hydrogen-bond donors (Lipinski definition) is 1. The van der Waals surface area contributed by atoms with Gasteiger partial charge in [0.25, 0.3) is 0 Å². The Bertz CT molecular complexity index is 179. The number of aliphatic carboxylic acids is 1. The van der Waals surface area contributed by atoms with Crippen LogP contribution in [-0.4, -0.2) is 17.4 Å². The molecule has 1 N–H and O–H groups in total. The number of rotatable bonds is 1. The Kier molecular flexibility index (Phi) is 5.51. The standard InChI is InChI=1S/C6H6.C2H2O3/c1-2-4-6-5-3-1;3-1-2(4)5/h1-6H;1H,(H,4,5). The highest BCUT2D eigenvalue weighted by Gasteiger charge is 1.80. The lowest BCUT2D eigenvalue weighted by atomic mass is 10.4. The largest absolute Gasteiger partial charge is 0.476 e. The summed E-state index contributed by atoms with van der Waals surface area (Å²) in [6.45, 7) is 0. The van der Waals surface area contributed by atoms with Gasteiger partial charge in [-0.25, -0.2) is 4.79 Å². The van der Waals surface area contributed by atoms with Gasteiger partial charge in [-0.05, 0) is 0 Å². The van der Waals surface area contributed by atoms with Gasteiger partial charge in [0.2, 0.25) is 6.29 Å². The maximum atomic E-state index is 9.00. The van der Waals surface area contributed by atoms with Crippen LogP contribution in [0, 0.1) is 0 Å². The summed E-state index contributed by atoms with van der Waals surface area (Å²) < 4.78 is 0. The van der Waals surface area contributed by atoms with Crippen molar-refractivity contribution >= 4 is 12.3 Å². The Morgan fingerprint density at radius 3 is 1.27 bits per heavy atom. The molecule has 1 rings (SSSR count). The van der Waals surface area contributed by atoms with Crippen molar-refractivity contribution in [2.24, 2.45) is 0 Å². The lowest BCUT2D eigenvalue weighted by Gasteiger charge is -1.69. The number of carboxylic acid groups (broad SMARTS) is 1. The van der Waals surface area contributed by atoms with Crippen LogP contribution < -0.4 is 0 Å². The van der Waals surface area contributed by atoms with E-state index in [0.717, 1.165) is 0 Å². The molecule has 0 radical (unpaired) electrons. The Morgan fingerprint density at radius 2 is 1.18 bits per heavy atom. The van der Waals surface area contributed by atoms with Crippen molar-refractivity contribution in [2.45, 2.75) is 0 Å². The van der Waals surface area contributed by atoms with Crippen LogP contribution in [-0.2, 0) is 9.59 Å². The van der Waals surface area contributed by atoms with Crippen LogP contribution >= 0.6 is 0 Å². The van der Waals surface area contributed by atoms with E-state index in [-0.39, 0.29) is 6.29 Å². The fraction of sp³-hybridized carbons (Fsp3) is 0. The van der Waals surface area contributed by atoms with Crippen LogP contribution in [0.4, 0.5) is 0 Å². The van der Waals surface area contributed by atoms with Crippen molar-refractivity contribution in [1.29, 1.82) is 0 Å². The number of carbonyl (C=O) groups is 2. The predicted molar refractivity (Wildman–Crippen MR) is 40.1 cm³/mol. The second-order valence-electron chi connectivity index (χ2n) is 1.61. The molecule has 3 nitrogen and oxygen atoms in total. The summed E-state index contributed by atoms with van der Waals surface area (Å²) in [5, 5.41) is 7.35. The SMILES string of the molecule is O=CC(=O)O.c1ccccc1. The lowest BCUT2D eigenvalue weighted by Crippen LogP contribution is -1.91. The monoisotopic (exact) mass is 152 g/mol. The molecular weight excluding hydrogens is 144 g/mol. The maximum Gasteiger partial charge on any atom is 0.368 e. The van der Waals surface area contributed by atoms with Crippen molar-refractivity contribution in [1.82, 2.24) is 0 Å². The molecule has 0 aliphatic carbocycles. The third-order valence-electron chi connectivity index (χ3n) is 0.767. The van der Waals surface area contributed by atoms with Gasteiger partial charge in [-0.1, -0.05) is 36.4 Å². The normalized spacial score (nSPS) is 7.27. The average Bonchev–Trinajstić information content (AvgIpc) is 2.09. The summed E-state index contributed by atoms with van der Waals surface area (Å²) in [6.07, 6.45) is -0.167. The summed E-state index contributed by atoms with van der Waals surface area (Å²) in [6, 6.07) is 12.0. The molecule has 0 bridgehead atoms. The van der Waals surface area contributed by atoms with Gasteiger partial charge in [0.1, 0.15) is 0 Å². The molecule has 0 fully saturated rings. The van der Waals surface area contributed by atoms with Gasteiger partial charge >= 0.3 is 5.97 Å². The molecule has 0 aliphatic rings. The Balaban J connectivity index is 0.000000187. The number of benzene rings is 1. The molecule has 0 unspecified atom stereocenters. The second kappa shape index (κ2) is 6.48. The first-order chi connectivity index (χ1) is 5.27. The van der Waals surface area contributed by atoms with E-state index in [1.807, 2.05) is 36.4 Å². The molecule has 0 heterocycles.